The summed E-state index contributed by atoms with van der Waals surface area (Å²) in [5.41, 5.74) is 1.48. The average molecular weight is 230 g/mol. The van der Waals surface area contributed by atoms with Crippen molar-refractivity contribution < 1.29 is 0 Å². The molecule has 0 saturated heterocycles. The number of nitrogens with zero attached hydrogens (tertiary/aromatic N) is 2. The van der Waals surface area contributed by atoms with Crippen LogP contribution in [0.3, 0.4) is 0 Å². The van der Waals surface area contributed by atoms with Gasteiger partial charge in [0.1, 0.15) is 5.82 Å². The van der Waals surface area contributed by atoms with Crippen LogP contribution in [0.5, 0.6) is 0 Å². The number of hydrogen-bond acceptors (Lipinski definition) is 2. The SMILES string of the molecule is CN(C)c1ccc(C2CC3CCCC2C3)cn1. The Kier molecular flexibility index (Phi) is 2.81. The number of hydrogen-bond donors (Lipinski definition) is 0. The van der Waals surface area contributed by atoms with Gasteiger partial charge in [0.15, 0.2) is 0 Å². The van der Waals surface area contributed by atoms with Gasteiger partial charge in [0.2, 0.25) is 0 Å². The lowest BCUT2D eigenvalue weighted by Crippen LogP contribution is -2.12. The number of aromatic nitrogens is 1. The molecule has 3 rings (SSSR count). The lowest BCUT2D eigenvalue weighted by molar-refractivity contribution is 0.350. The molecule has 1 aromatic heterocycles. The van der Waals surface area contributed by atoms with Gasteiger partial charge in [0.25, 0.3) is 0 Å². The van der Waals surface area contributed by atoms with E-state index < -0.39 is 0 Å². The van der Waals surface area contributed by atoms with E-state index in [-0.39, 0.29) is 0 Å². The molecule has 3 unspecified atom stereocenters. The normalized spacial score (nSPS) is 31.5. The van der Waals surface area contributed by atoms with Crippen LogP contribution in [-0.4, -0.2) is 19.1 Å². The van der Waals surface area contributed by atoms with E-state index in [0.29, 0.717) is 0 Å². The Morgan fingerprint density at radius 1 is 1.18 bits per heavy atom. The van der Waals surface area contributed by atoms with Crippen LogP contribution < -0.4 is 4.90 Å². The minimum atomic E-state index is 0.797. The van der Waals surface area contributed by atoms with E-state index in [4.69, 9.17) is 0 Å². The molecule has 2 aliphatic carbocycles. The molecule has 3 atom stereocenters. The highest BCUT2D eigenvalue weighted by Gasteiger charge is 2.37. The molecule has 0 aliphatic heterocycles. The van der Waals surface area contributed by atoms with Gasteiger partial charge >= 0.3 is 0 Å². The van der Waals surface area contributed by atoms with Gasteiger partial charge in [-0.2, -0.15) is 0 Å². The summed E-state index contributed by atoms with van der Waals surface area (Å²) < 4.78 is 0. The largest absolute Gasteiger partial charge is 0.363 e. The molecular formula is C15H22N2. The van der Waals surface area contributed by atoms with E-state index >= 15 is 0 Å². The molecule has 0 spiro atoms. The van der Waals surface area contributed by atoms with Crippen molar-refractivity contribution in [2.24, 2.45) is 11.8 Å². The molecule has 92 valence electrons. The minimum Gasteiger partial charge on any atom is -0.363 e. The Balaban J connectivity index is 1.80. The topological polar surface area (TPSA) is 16.1 Å². The van der Waals surface area contributed by atoms with Gasteiger partial charge < -0.3 is 4.90 Å². The summed E-state index contributed by atoms with van der Waals surface area (Å²) in [5.74, 6) is 3.81. The van der Waals surface area contributed by atoms with Crippen LogP contribution in [0.25, 0.3) is 0 Å². The molecule has 1 heterocycles. The molecule has 0 aromatic carbocycles. The summed E-state index contributed by atoms with van der Waals surface area (Å²) in [5, 5.41) is 0. The predicted octanol–water partition coefficient (Wildman–Crippen LogP) is 3.44. The maximum Gasteiger partial charge on any atom is 0.127 e. The fraction of sp³-hybridized carbons (Fsp3) is 0.667. The first kappa shape index (κ1) is 11.1. The van der Waals surface area contributed by atoms with E-state index in [0.717, 1.165) is 23.6 Å². The Hall–Kier alpha value is -1.05. The lowest BCUT2D eigenvalue weighted by atomic mass is 9.85. The summed E-state index contributed by atoms with van der Waals surface area (Å²) in [6.07, 6.45) is 9.36. The van der Waals surface area contributed by atoms with Crippen LogP contribution in [0, 0.1) is 11.8 Å². The van der Waals surface area contributed by atoms with Gasteiger partial charge in [-0.05, 0) is 48.6 Å². The second-order valence-electron chi connectivity index (χ2n) is 5.98. The quantitative estimate of drug-likeness (QED) is 0.773. The van der Waals surface area contributed by atoms with E-state index in [1.165, 1.54) is 37.7 Å². The zero-order chi connectivity index (χ0) is 11.8. The van der Waals surface area contributed by atoms with Crippen LogP contribution >= 0.6 is 0 Å². The van der Waals surface area contributed by atoms with Gasteiger partial charge in [-0.25, -0.2) is 4.98 Å². The highest BCUT2D eigenvalue weighted by molar-refractivity contribution is 5.38. The van der Waals surface area contributed by atoms with Crippen LogP contribution in [0.4, 0.5) is 5.82 Å². The number of rotatable bonds is 2. The molecule has 2 saturated carbocycles. The number of fused-ring (bicyclic) bond motifs is 2. The zero-order valence-corrected chi connectivity index (χ0v) is 10.9. The van der Waals surface area contributed by atoms with Gasteiger partial charge in [0.05, 0.1) is 0 Å². The highest BCUT2D eigenvalue weighted by atomic mass is 15.1. The fourth-order valence-electron chi connectivity index (χ4n) is 3.75. The molecule has 2 nitrogen and oxygen atoms in total. The predicted molar refractivity (Wildman–Crippen MR) is 71.4 cm³/mol. The minimum absolute atomic E-state index is 0.797. The van der Waals surface area contributed by atoms with Gasteiger partial charge in [0, 0.05) is 20.3 Å². The lowest BCUT2D eigenvalue weighted by Gasteiger charge is -2.21. The monoisotopic (exact) mass is 230 g/mol. The average Bonchev–Trinajstić information content (AvgIpc) is 2.64. The molecule has 2 aliphatic rings. The number of anilines is 1. The molecule has 2 fully saturated rings. The summed E-state index contributed by atoms with van der Waals surface area (Å²) in [4.78, 5) is 6.63. The van der Waals surface area contributed by atoms with E-state index in [1.54, 1.807) is 0 Å². The summed E-state index contributed by atoms with van der Waals surface area (Å²) >= 11 is 0. The van der Waals surface area contributed by atoms with Gasteiger partial charge in [-0.15, -0.1) is 0 Å². The van der Waals surface area contributed by atoms with Crippen LogP contribution in [0.1, 0.15) is 43.6 Å². The van der Waals surface area contributed by atoms with E-state index in [9.17, 15) is 0 Å². The van der Waals surface area contributed by atoms with Crippen molar-refractivity contribution in [3.63, 3.8) is 0 Å². The fourth-order valence-corrected chi connectivity index (χ4v) is 3.75. The Morgan fingerprint density at radius 3 is 2.71 bits per heavy atom. The standard InChI is InChI=1S/C15H22N2/c1-17(2)15-7-6-13(10-16-15)14-9-11-4-3-5-12(14)8-11/h6-7,10-12,14H,3-5,8-9H2,1-2H3. The third kappa shape index (κ3) is 2.05. The van der Waals surface area contributed by atoms with Crippen molar-refractivity contribution >= 4 is 5.82 Å². The molecule has 17 heavy (non-hydrogen) atoms. The molecule has 0 amide bonds. The van der Waals surface area contributed by atoms with Crippen molar-refractivity contribution in [2.45, 2.75) is 38.0 Å². The summed E-state index contributed by atoms with van der Waals surface area (Å²) in [6, 6.07) is 4.46. The van der Waals surface area contributed by atoms with Crippen molar-refractivity contribution in [1.82, 2.24) is 4.98 Å². The van der Waals surface area contributed by atoms with Crippen molar-refractivity contribution in [1.29, 1.82) is 0 Å². The molecule has 0 radical (unpaired) electrons. The molecule has 2 bridgehead atoms. The first-order valence-electron chi connectivity index (χ1n) is 6.87. The zero-order valence-electron chi connectivity index (χ0n) is 10.9. The molecule has 2 heteroatoms. The van der Waals surface area contributed by atoms with Gasteiger partial charge in [-0.3, -0.25) is 0 Å². The Labute approximate surface area is 104 Å². The Bertz CT molecular complexity index is 382. The second kappa shape index (κ2) is 4.32. The second-order valence-corrected chi connectivity index (χ2v) is 5.98. The molecular weight excluding hydrogens is 208 g/mol. The first-order chi connectivity index (χ1) is 8.24. The van der Waals surface area contributed by atoms with E-state index in [1.807, 2.05) is 14.1 Å². The maximum absolute atomic E-state index is 4.56. The van der Waals surface area contributed by atoms with Crippen molar-refractivity contribution in [3.05, 3.63) is 23.9 Å². The van der Waals surface area contributed by atoms with Gasteiger partial charge in [-0.1, -0.05) is 18.9 Å². The first-order valence-corrected chi connectivity index (χ1v) is 6.87. The number of pyridine rings is 1. The smallest absolute Gasteiger partial charge is 0.127 e. The maximum atomic E-state index is 4.56. The Morgan fingerprint density at radius 2 is 2.06 bits per heavy atom. The molecule has 0 N–H and O–H groups in total. The van der Waals surface area contributed by atoms with Crippen LogP contribution in [-0.2, 0) is 0 Å². The summed E-state index contributed by atoms with van der Waals surface area (Å²) in [7, 11) is 4.09. The highest BCUT2D eigenvalue weighted by Crippen LogP contribution is 2.50. The third-order valence-corrected chi connectivity index (χ3v) is 4.64. The van der Waals surface area contributed by atoms with Crippen molar-refractivity contribution in [2.75, 3.05) is 19.0 Å². The van der Waals surface area contributed by atoms with Crippen LogP contribution in [0.2, 0.25) is 0 Å². The van der Waals surface area contributed by atoms with E-state index in [2.05, 4.69) is 28.2 Å². The third-order valence-electron chi connectivity index (χ3n) is 4.64. The van der Waals surface area contributed by atoms with Crippen LogP contribution in [0.15, 0.2) is 18.3 Å². The summed E-state index contributed by atoms with van der Waals surface area (Å²) in [6.45, 7) is 0. The molecule has 1 aromatic rings. The van der Waals surface area contributed by atoms with Crippen molar-refractivity contribution in [3.8, 4) is 0 Å².